The summed E-state index contributed by atoms with van der Waals surface area (Å²) in [5, 5.41) is 13.0. The van der Waals surface area contributed by atoms with E-state index in [0.29, 0.717) is 12.3 Å². The zero-order valence-corrected chi connectivity index (χ0v) is 13.3. The summed E-state index contributed by atoms with van der Waals surface area (Å²) < 4.78 is 10.6. The van der Waals surface area contributed by atoms with Gasteiger partial charge in [-0.25, -0.2) is 0 Å². The molecule has 0 aromatic rings. The number of rotatable bonds is 7. The standard InChI is InChI=1S/C11H19N2O2PS2/c1-3-7-17-18(4-2)16-15-13-11(8-12)10-5-6-14-9-10/h10H,3-7,9H2,1-2H3. The lowest BCUT2D eigenvalue weighted by molar-refractivity contribution is 0.193. The number of ether oxygens (including phenoxy) is 1. The van der Waals surface area contributed by atoms with E-state index in [4.69, 9.17) is 14.6 Å². The smallest absolute Gasteiger partial charge is 0.202 e. The van der Waals surface area contributed by atoms with Crippen molar-refractivity contribution in [3.05, 3.63) is 0 Å². The van der Waals surface area contributed by atoms with Gasteiger partial charge in [-0.3, -0.25) is 0 Å². The fourth-order valence-electron chi connectivity index (χ4n) is 1.37. The second-order valence-corrected chi connectivity index (χ2v) is 10.3. The van der Waals surface area contributed by atoms with Crippen LogP contribution in [-0.2, 0) is 18.5 Å². The number of oxime groups is 1. The topological polar surface area (TPSA) is 54.6 Å². The maximum Gasteiger partial charge on any atom is 0.202 e. The molecule has 1 saturated heterocycles. The van der Waals surface area contributed by atoms with Crippen LogP contribution >= 0.6 is 18.4 Å². The monoisotopic (exact) mass is 306 g/mol. The van der Waals surface area contributed by atoms with Crippen LogP contribution in [0.3, 0.4) is 0 Å². The Morgan fingerprint density at radius 3 is 3.06 bits per heavy atom. The van der Waals surface area contributed by atoms with E-state index in [0.717, 1.165) is 32.1 Å². The first kappa shape index (κ1) is 16.0. The molecule has 1 aliphatic heterocycles. The first-order valence-electron chi connectivity index (χ1n) is 6.09. The van der Waals surface area contributed by atoms with Crippen LogP contribution < -0.4 is 0 Å². The second kappa shape index (κ2) is 9.80. The normalized spacial score (nSPS) is 21.8. The van der Waals surface area contributed by atoms with Crippen molar-refractivity contribution in [2.45, 2.75) is 26.7 Å². The van der Waals surface area contributed by atoms with Gasteiger partial charge in [-0.2, -0.15) is 5.26 Å². The molecule has 1 aliphatic rings. The fourth-order valence-corrected chi connectivity index (χ4v) is 5.89. The molecule has 4 nitrogen and oxygen atoms in total. The molecule has 0 spiro atoms. The molecule has 2 unspecified atom stereocenters. The van der Waals surface area contributed by atoms with E-state index >= 15 is 0 Å². The first-order valence-corrected chi connectivity index (χ1v) is 10.4. The van der Waals surface area contributed by atoms with Crippen molar-refractivity contribution in [3.63, 3.8) is 0 Å². The van der Waals surface area contributed by atoms with E-state index in [9.17, 15) is 0 Å². The summed E-state index contributed by atoms with van der Waals surface area (Å²) in [6.45, 7) is 5.64. The van der Waals surface area contributed by atoms with Gasteiger partial charge in [0.1, 0.15) is 6.07 Å². The minimum absolute atomic E-state index is 0.122. The lowest BCUT2D eigenvalue weighted by Crippen LogP contribution is -2.12. The van der Waals surface area contributed by atoms with Crippen LogP contribution in [0.25, 0.3) is 0 Å². The van der Waals surface area contributed by atoms with Crippen LogP contribution in [-0.4, -0.2) is 30.4 Å². The average molecular weight is 306 g/mol. The minimum atomic E-state index is 0.122. The Labute approximate surface area is 116 Å². The van der Waals surface area contributed by atoms with Crippen LogP contribution in [0.2, 0.25) is 0 Å². The van der Waals surface area contributed by atoms with Crippen molar-refractivity contribution in [3.8, 4) is 6.07 Å². The minimum Gasteiger partial charge on any atom is -0.381 e. The summed E-state index contributed by atoms with van der Waals surface area (Å²) in [7, 11) is 2.96. The molecule has 102 valence electrons. The highest BCUT2D eigenvalue weighted by Crippen LogP contribution is 2.22. The zero-order chi connectivity index (χ0) is 13.2. The van der Waals surface area contributed by atoms with Gasteiger partial charge in [0.15, 0.2) is 5.71 Å². The molecule has 0 aliphatic carbocycles. The van der Waals surface area contributed by atoms with E-state index in [2.05, 4.69) is 25.1 Å². The fraction of sp³-hybridized carbons (Fsp3) is 0.818. The number of hydrogen-bond donors (Lipinski definition) is 0. The Morgan fingerprint density at radius 1 is 1.67 bits per heavy atom. The van der Waals surface area contributed by atoms with E-state index in [1.165, 1.54) is 6.42 Å². The number of nitrogens with zero attached hydrogens (tertiary/aromatic N) is 2. The van der Waals surface area contributed by atoms with Gasteiger partial charge in [-0.05, 0) is 12.8 Å². The largest absolute Gasteiger partial charge is 0.381 e. The average Bonchev–Trinajstić information content (AvgIpc) is 2.92. The third kappa shape index (κ3) is 5.71. The predicted octanol–water partition coefficient (Wildman–Crippen LogP) is 3.39. The second-order valence-electron chi connectivity index (χ2n) is 3.74. The van der Waals surface area contributed by atoms with Crippen molar-refractivity contribution < 1.29 is 9.36 Å². The Bertz CT molecular complexity index is 349. The molecule has 0 saturated carbocycles. The predicted molar refractivity (Wildman–Crippen MR) is 80.6 cm³/mol. The zero-order valence-electron chi connectivity index (χ0n) is 10.8. The molecule has 0 amide bonds. The van der Waals surface area contributed by atoms with Crippen molar-refractivity contribution in [1.82, 2.24) is 0 Å². The summed E-state index contributed by atoms with van der Waals surface area (Å²) in [6.07, 6.45) is 2.05. The van der Waals surface area contributed by atoms with Gasteiger partial charge in [0.25, 0.3) is 0 Å². The number of nitriles is 1. The highest BCUT2D eigenvalue weighted by molar-refractivity contribution is 8.79. The van der Waals surface area contributed by atoms with Crippen LogP contribution in [0.4, 0.5) is 0 Å². The van der Waals surface area contributed by atoms with E-state index in [-0.39, 0.29) is 15.0 Å². The molecule has 0 aromatic heterocycles. The van der Waals surface area contributed by atoms with Gasteiger partial charge in [-0.15, -0.1) is 0 Å². The molecule has 0 radical (unpaired) electrons. The Balaban J connectivity index is 2.49. The van der Waals surface area contributed by atoms with Gasteiger partial charge in [0.2, 0.25) is 7.58 Å². The molecule has 0 N–H and O–H groups in total. The summed E-state index contributed by atoms with van der Waals surface area (Å²) in [6, 6.07) is 2.12. The van der Waals surface area contributed by atoms with Gasteiger partial charge < -0.3 is 9.36 Å². The molecule has 0 bridgehead atoms. The summed E-state index contributed by atoms with van der Waals surface area (Å²) in [5.41, 5.74) is 0.472. The van der Waals surface area contributed by atoms with Crippen molar-refractivity contribution in [1.29, 1.82) is 5.26 Å². The molecule has 2 atom stereocenters. The summed E-state index contributed by atoms with van der Waals surface area (Å²) >= 11 is 0. The van der Waals surface area contributed by atoms with Crippen LogP contribution in [0.5, 0.6) is 0 Å². The molecular formula is C11H19N2O2PS2. The molecular weight excluding hydrogens is 287 g/mol. The van der Waals surface area contributed by atoms with Crippen LogP contribution in [0.15, 0.2) is 5.16 Å². The molecule has 1 fully saturated rings. The lowest BCUT2D eigenvalue weighted by Gasteiger charge is -2.04. The Hall–Kier alpha value is -0.0800. The third-order valence-electron chi connectivity index (χ3n) is 2.36. The Morgan fingerprint density at radius 2 is 2.50 bits per heavy atom. The van der Waals surface area contributed by atoms with Gasteiger partial charge in [0, 0.05) is 24.0 Å². The van der Waals surface area contributed by atoms with Crippen LogP contribution in [0.1, 0.15) is 26.7 Å². The van der Waals surface area contributed by atoms with Crippen molar-refractivity contribution in [2.24, 2.45) is 11.1 Å². The molecule has 1 rings (SSSR count). The molecule has 7 heteroatoms. The van der Waals surface area contributed by atoms with Gasteiger partial charge in [0.05, 0.1) is 6.61 Å². The molecule has 1 heterocycles. The van der Waals surface area contributed by atoms with Gasteiger partial charge >= 0.3 is 0 Å². The third-order valence-corrected chi connectivity index (χ3v) is 9.01. The Kier molecular flexibility index (Phi) is 8.70. The van der Waals surface area contributed by atoms with E-state index in [1.54, 1.807) is 0 Å². The van der Waals surface area contributed by atoms with Crippen molar-refractivity contribution in [2.75, 3.05) is 24.7 Å². The molecule has 0 aromatic carbocycles. The maximum absolute atomic E-state index is 9.03. The highest BCUT2D eigenvalue weighted by atomic mass is 33.2. The quantitative estimate of drug-likeness (QED) is 0.313. The SMILES string of the molecule is CCCSS(CC)=PON=C(C#N)C1CCOC1. The summed E-state index contributed by atoms with van der Waals surface area (Å²) in [4.78, 5) is 0. The lowest BCUT2D eigenvalue weighted by atomic mass is 10.0. The molecule has 18 heavy (non-hydrogen) atoms. The van der Waals surface area contributed by atoms with E-state index < -0.39 is 0 Å². The van der Waals surface area contributed by atoms with Crippen molar-refractivity contribution >= 4 is 33.2 Å². The van der Waals surface area contributed by atoms with Crippen LogP contribution in [0, 0.1) is 17.2 Å². The summed E-state index contributed by atoms with van der Waals surface area (Å²) in [5.74, 6) is 2.35. The first-order chi connectivity index (χ1) is 8.81. The number of hydrogen-bond acceptors (Lipinski definition) is 5. The highest BCUT2D eigenvalue weighted by Gasteiger charge is 2.22. The van der Waals surface area contributed by atoms with E-state index in [1.807, 2.05) is 10.8 Å². The maximum atomic E-state index is 9.03. The van der Waals surface area contributed by atoms with Gasteiger partial charge in [-0.1, -0.05) is 38.9 Å².